The molecule has 2 N–H and O–H groups in total. The number of rotatable bonds is 6. The summed E-state index contributed by atoms with van der Waals surface area (Å²) < 4.78 is 5.47. The van der Waals surface area contributed by atoms with Crippen LogP contribution in [-0.2, 0) is 14.4 Å². The van der Waals surface area contributed by atoms with Crippen molar-refractivity contribution in [2.24, 2.45) is 5.92 Å². The highest BCUT2D eigenvalue weighted by atomic mass is 16.5. The lowest BCUT2D eigenvalue weighted by Gasteiger charge is -2.28. The smallest absolute Gasteiger partial charge is 0.294 e. The van der Waals surface area contributed by atoms with E-state index in [9.17, 15) is 19.5 Å². The summed E-state index contributed by atoms with van der Waals surface area (Å²) in [6.07, 6.45) is 0. The van der Waals surface area contributed by atoms with Crippen LogP contribution in [0.1, 0.15) is 32.4 Å². The summed E-state index contributed by atoms with van der Waals surface area (Å²) in [5.41, 5.74) is 1.53. The average Bonchev–Trinajstić information content (AvgIpc) is 2.97. The topological polar surface area (TPSA) is 95.9 Å². The number of aliphatic hydroxyl groups excluding tert-OH is 1. The molecule has 1 unspecified atom stereocenters. The van der Waals surface area contributed by atoms with Crippen LogP contribution in [0.5, 0.6) is 5.75 Å². The molecule has 3 rings (SSSR count). The number of nitrogens with zero attached hydrogens (tertiary/aromatic N) is 1. The fraction of sp³-hybridized carbons (Fsp3) is 0.261. The number of hydrogen-bond donors (Lipinski definition) is 2. The Balaban J connectivity index is 2.20. The van der Waals surface area contributed by atoms with Gasteiger partial charge < -0.3 is 15.2 Å². The normalized spacial score (nSPS) is 16.2. The molecular formula is C23H24N2O5. The van der Waals surface area contributed by atoms with Crippen LogP contribution in [0.25, 0.3) is 0 Å². The number of ketones is 1. The Kier molecular flexibility index (Phi) is 5.91. The third kappa shape index (κ3) is 3.78. The highest BCUT2D eigenvalue weighted by Gasteiger charge is 2.45. The van der Waals surface area contributed by atoms with E-state index in [0.717, 1.165) is 0 Å². The molecule has 2 aromatic rings. The van der Waals surface area contributed by atoms with Crippen molar-refractivity contribution in [3.05, 3.63) is 65.4 Å². The number of methoxy groups -OCH3 is 1. The van der Waals surface area contributed by atoms with Crippen LogP contribution in [0.4, 0.5) is 11.4 Å². The summed E-state index contributed by atoms with van der Waals surface area (Å²) in [7, 11) is 1.50. The lowest BCUT2D eigenvalue weighted by Crippen LogP contribution is -2.31. The molecule has 2 amide bonds. The number of amides is 2. The minimum Gasteiger partial charge on any atom is -0.503 e. The number of ether oxygens (including phenoxy) is 1. The molecule has 30 heavy (non-hydrogen) atoms. The molecule has 0 fully saturated rings. The molecular weight excluding hydrogens is 384 g/mol. The molecule has 1 atom stereocenters. The maximum absolute atomic E-state index is 13.1. The first kappa shape index (κ1) is 21.1. The molecule has 7 heteroatoms. The van der Waals surface area contributed by atoms with Crippen molar-refractivity contribution in [1.29, 1.82) is 0 Å². The Labute approximate surface area is 175 Å². The fourth-order valence-electron chi connectivity index (χ4n) is 3.56. The molecule has 156 valence electrons. The molecule has 1 aliphatic heterocycles. The van der Waals surface area contributed by atoms with Gasteiger partial charge in [0.15, 0.2) is 11.5 Å². The van der Waals surface area contributed by atoms with Crippen LogP contribution in [0.3, 0.4) is 0 Å². The summed E-state index contributed by atoms with van der Waals surface area (Å²) in [6.45, 7) is 4.82. The predicted octanol–water partition coefficient (Wildman–Crippen LogP) is 3.78. The number of carbonyl (C=O) groups excluding carboxylic acids is 3. The van der Waals surface area contributed by atoms with Crippen molar-refractivity contribution in [1.82, 2.24) is 0 Å². The Hall–Kier alpha value is -3.61. The molecule has 0 saturated heterocycles. The minimum atomic E-state index is -0.865. The van der Waals surface area contributed by atoms with Gasteiger partial charge in [0.05, 0.1) is 18.7 Å². The van der Waals surface area contributed by atoms with E-state index >= 15 is 0 Å². The molecule has 0 aromatic heterocycles. The number of Topliss-reactive ketones (excluding diaryl/α,β-unsaturated/α-hetero) is 1. The van der Waals surface area contributed by atoms with Gasteiger partial charge in [0, 0.05) is 29.8 Å². The van der Waals surface area contributed by atoms with Crippen LogP contribution in [0, 0.1) is 5.92 Å². The first-order valence-corrected chi connectivity index (χ1v) is 9.57. The zero-order valence-corrected chi connectivity index (χ0v) is 17.3. The van der Waals surface area contributed by atoms with E-state index in [2.05, 4.69) is 5.32 Å². The second-order valence-electron chi connectivity index (χ2n) is 7.33. The molecule has 0 spiro atoms. The highest BCUT2D eigenvalue weighted by Crippen LogP contribution is 2.44. The molecule has 0 radical (unpaired) electrons. The number of nitrogens with one attached hydrogen (secondary N) is 1. The van der Waals surface area contributed by atoms with Crippen molar-refractivity contribution in [3.63, 3.8) is 0 Å². The van der Waals surface area contributed by atoms with Gasteiger partial charge in [0.25, 0.3) is 5.91 Å². The number of benzene rings is 2. The summed E-state index contributed by atoms with van der Waals surface area (Å²) in [6, 6.07) is 12.9. The van der Waals surface area contributed by atoms with E-state index < -0.39 is 23.6 Å². The maximum Gasteiger partial charge on any atom is 0.294 e. The van der Waals surface area contributed by atoms with E-state index in [1.54, 1.807) is 62.4 Å². The SMILES string of the molecule is COc1ccccc1C1C(C(=O)C(C)C)=C(O)C(=O)N1c1cccc(NC(C)=O)c1. The molecule has 7 nitrogen and oxygen atoms in total. The lowest BCUT2D eigenvalue weighted by molar-refractivity contribution is -0.119. The Bertz CT molecular complexity index is 1040. The molecule has 2 aromatic carbocycles. The third-order valence-corrected chi connectivity index (χ3v) is 4.88. The zero-order valence-electron chi connectivity index (χ0n) is 17.3. The lowest BCUT2D eigenvalue weighted by atomic mass is 9.90. The Morgan fingerprint density at radius 3 is 2.47 bits per heavy atom. The standard InChI is InChI=1S/C23H24N2O5/c1-13(2)21(27)19-20(17-10-5-6-11-18(17)30-4)25(23(29)22(19)28)16-9-7-8-15(12-16)24-14(3)26/h5-13,20,28H,1-4H3,(H,24,26). The fourth-order valence-corrected chi connectivity index (χ4v) is 3.56. The highest BCUT2D eigenvalue weighted by molar-refractivity contribution is 6.17. The van der Waals surface area contributed by atoms with E-state index in [1.807, 2.05) is 0 Å². The van der Waals surface area contributed by atoms with Gasteiger partial charge in [-0.25, -0.2) is 0 Å². The van der Waals surface area contributed by atoms with Crippen molar-refractivity contribution in [2.75, 3.05) is 17.3 Å². The largest absolute Gasteiger partial charge is 0.503 e. The van der Waals surface area contributed by atoms with Crippen molar-refractivity contribution in [2.45, 2.75) is 26.8 Å². The first-order valence-electron chi connectivity index (χ1n) is 9.57. The third-order valence-electron chi connectivity index (χ3n) is 4.88. The van der Waals surface area contributed by atoms with Crippen LogP contribution < -0.4 is 15.0 Å². The summed E-state index contributed by atoms with van der Waals surface area (Å²) >= 11 is 0. The quantitative estimate of drug-likeness (QED) is 0.758. The van der Waals surface area contributed by atoms with E-state index in [4.69, 9.17) is 4.74 Å². The van der Waals surface area contributed by atoms with Gasteiger partial charge in [-0.15, -0.1) is 0 Å². The van der Waals surface area contributed by atoms with Crippen LogP contribution in [0.15, 0.2) is 59.9 Å². The monoisotopic (exact) mass is 408 g/mol. The minimum absolute atomic E-state index is 0.0319. The van der Waals surface area contributed by atoms with E-state index in [0.29, 0.717) is 22.7 Å². The molecule has 0 bridgehead atoms. The van der Waals surface area contributed by atoms with Crippen LogP contribution in [-0.4, -0.2) is 29.8 Å². The summed E-state index contributed by atoms with van der Waals surface area (Å²) in [5, 5.41) is 13.4. The van der Waals surface area contributed by atoms with Gasteiger partial charge in [-0.05, 0) is 24.3 Å². The van der Waals surface area contributed by atoms with Gasteiger partial charge in [-0.1, -0.05) is 38.1 Å². The van der Waals surface area contributed by atoms with Crippen LogP contribution >= 0.6 is 0 Å². The maximum atomic E-state index is 13.1. The van der Waals surface area contributed by atoms with Gasteiger partial charge in [0.1, 0.15) is 5.75 Å². The second-order valence-corrected chi connectivity index (χ2v) is 7.33. The van der Waals surface area contributed by atoms with E-state index in [1.165, 1.54) is 18.9 Å². The molecule has 0 saturated carbocycles. The Morgan fingerprint density at radius 2 is 1.83 bits per heavy atom. The summed E-state index contributed by atoms with van der Waals surface area (Å²) in [4.78, 5) is 38.9. The number of para-hydroxylation sites is 1. The van der Waals surface area contributed by atoms with Gasteiger partial charge in [0.2, 0.25) is 5.91 Å². The average molecular weight is 408 g/mol. The number of aliphatic hydroxyl groups is 1. The first-order chi connectivity index (χ1) is 14.3. The molecule has 1 heterocycles. The second kappa shape index (κ2) is 8.41. The Morgan fingerprint density at radius 1 is 1.13 bits per heavy atom. The number of hydrogen-bond acceptors (Lipinski definition) is 5. The summed E-state index contributed by atoms with van der Waals surface area (Å²) in [5.74, 6) is -1.76. The van der Waals surface area contributed by atoms with Crippen molar-refractivity contribution >= 4 is 29.0 Å². The van der Waals surface area contributed by atoms with Gasteiger partial charge >= 0.3 is 0 Å². The molecule has 1 aliphatic rings. The van der Waals surface area contributed by atoms with E-state index in [-0.39, 0.29) is 17.3 Å². The van der Waals surface area contributed by atoms with Gasteiger partial charge in [-0.3, -0.25) is 19.3 Å². The predicted molar refractivity (Wildman–Crippen MR) is 113 cm³/mol. The van der Waals surface area contributed by atoms with Crippen molar-refractivity contribution in [3.8, 4) is 5.75 Å². The number of anilines is 2. The van der Waals surface area contributed by atoms with Crippen LogP contribution in [0.2, 0.25) is 0 Å². The zero-order chi connectivity index (χ0) is 22.0. The molecule has 0 aliphatic carbocycles. The number of carbonyl (C=O) groups is 3. The van der Waals surface area contributed by atoms with Crippen molar-refractivity contribution < 1.29 is 24.2 Å². The van der Waals surface area contributed by atoms with Gasteiger partial charge in [-0.2, -0.15) is 0 Å².